The van der Waals surface area contributed by atoms with Gasteiger partial charge in [0.1, 0.15) is 10.6 Å². The quantitative estimate of drug-likeness (QED) is 0.757. The van der Waals surface area contributed by atoms with Crippen molar-refractivity contribution < 1.29 is 13.2 Å². The maximum absolute atomic E-state index is 12.1. The molecule has 25 heavy (non-hydrogen) atoms. The van der Waals surface area contributed by atoms with Gasteiger partial charge in [-0.25, -0.2) is 23.2 Å². The Balaban J connectivity index is 1.95. The minimum absolute atomic E-state index is 0.225. The van der Waals surface area contributed by atoms with Crippen molar-refractivity contribution in [2.45, 2.75) is 17.6 Å². The van der Waals surface area contributed by atoms with Gasteiger partial charge >= 0.3 is 6.03 Å². The fourth-order valence-corrected chi connectivity index (χ4v) is 3.98. The first-order chi connectivity index (χ1) is 11.7. The zero-order chi connectivity index (χ0) is 18.2. The van der Waals surface area contributed by atoms with E-state index in [1.165, 1.54) is 19.4 Å². The number of benzene rings is 1. The van der Waals surface area contributed by atoms with Crippen LogP contribution in [0.25, 0.3) is 11.4 Å². The highest BCUT2D eigenvalue weighted by Gasteiger charge is 2.55. The lowest BCUT2D eigenvalue weighted by molar-refractivity contribution is 0.254. The number of hydrogen-bond donors (Lipinski definition) is 3. The van der Waals surface area contributed by atoms with Gasteiger partial charge in [0.05, 0.1) is 5.69 Å². The molecule has 1 aromatic carbocycles. The van der Waals surface area contributed by atoms with Gasteiger partial charge in [0, 0.05) is 30.6 Å². The molecule has 1 aromatic heterocycles. The summed E-state index contributed by atoms with van der Waals surface area (Å²) in [4.78, 5) is 20.0. The molecule has 0 saturated heterocycles. The lowest BCUT2D eigenvalue weighted by Gasteiger charge is -2.14. The van der Waals surface area contributed by atoms with Gasteiger partial charge in [-0.15, -0.1) is 0 Å². The number of anilines is 2. The summed E-state index contributed by atoms with van der Waals surface area (Å²) < 4.78 is 23.3. The molecule has 2 amide bonds. The van der Waals surface area contributed by atoms with Crippen LogP contribution in [0.5, 0.6) is 0 Å². The summed E-state index contributed by atoms with van der Waals surface area (Å²) >= 11 is 0. The van der Waals surface area contributed by atoms with Gasteiger partial charge in [-0.2, -0.15) is 0 Å². The number of carbonyl (C=O) groups excluding carboxylic acids is 1. The molecule has 0 atom stereocenters. The second-order valence-corrected chi connectivity index (χ2v) is 8.38. The molecule has 1 aliphatic carbocycles. The van der Waals surface area contributed by atoms with Gasteiger partial charge < -0.3 is 16.4 Å². The highest BCUT2D eigenvalue weighted by molar-refractivity contribution is 7.91. The highest BCUT2D eigenvalue weighted by Crippen LogP contribution is 2.52. The Morgan fingerprint density at radius 1 is 1.20 bits per heavy atom. The van der Waals surface area contributed by atoms with Crippen molar-refractivity contribution in [3.8, 4) is 11.4 Å². The second-order valence-electron chi connectivity index (χ2n) is 6.05. The van der Waals surface area contributed by atoms with E-state index in [0.29, 0.717) is 35.6 Å². The van der Waals surface area contributed by atoms with Crippen LogP contribution in [0.4, 0.5) is 16.3 Å². The van der Waals surface area contributed by atoms with E-state index in [1.54, 1.807) is 24.3 Å². The summed E-state index contributed by atoms with van der Waals surface area (Å²) in [5.74, 6) is 0.582. The molecule has 1 heterocycles. The van der Waals surface area contributed by atoms with Crippen LogP contribution in [0.2, 0.25) is 0 Å². The van der Waals surface area contributed by atoms with Crippen molar-refractivity contribution >= 4 is 27.4 Å². The first-order valence-corrected chi connectivity index (χ1v) is 9.58. The molecule has 0 radical (unpaired) electrons. The summed E-state index contributed by atoms with van der Waals surface area (Å²) in [7, 11) is -1.75. The number of hydrogen-bond acceptors (Lipinski definition) is 6. The van der Waals surface area contributed by atoms with Gasteiger partial charge in [0.15, 0.2) is 15.7 Å². The minimum atomic E-state index is -3.28. The van der Waals surface area contributed by atoms with Crippen LogP contribution in [-0.2, 0) is 14.6 Å². The standard InChI is InChI=1S/C16H19N5O3S/c1-18-15(22)19-11-5-3-10(4-6-11)14-20-12(9-13(17)21-14)16(7-8-16)25(2,23)24/h3-6,9H,7-8H2,1-2H3,(H2,17,20,21)(H2,18,19,22). The molecule has 3 rings (SSSR count). The van der Waals surface area contributed by atoms with Crippen LogP contribution in [0.15, 0.2) is 30.3 Å². The van der Waals surface area contributed by atoms with E-state index in [2.05, 4.69) is 20.6 Å². The van der Waals surface area contributed by atoms with Crippen molar-refractivity contribution in [2.75, 3.05) is 24.4 Å². The molecule has 2 aromatic rings. The normalized spacial score (nSPS) is 15.4. The molecule has 4 N–H and O–H groups in total. The summed E-state index contributed by atoms with van der Waals surface area (Å²) in [5.41, 5.74) is 7.60. The maximum atomic E-state index is 12.1. The van der Waals surface area contributed by atoms with Crippen molar-refractivity contribution in [3.63, 3.8) is 0 Å². The lowest BCUT2D eigenvalue weighted by atomic mass is 10.1. The van der Waals surface area contributed by atoms with Gasteiger partial charge in [-0.1, -0.05) is 0 Å². The third-order valence-corrected chi connectivity index (χ3v) is 6.29. The van der Waals surface area contributed by atoms with Gasteiger partial charge in [0.25, 0.3) is 0 Å². The van der Waals surface area contributed by atoms with Crippen LogP contribution in [0, 0.1) is 0 Å². The van der Waals surface area contributed by atoms with Crippen LogP contribution >= 0.6 is 0 Å². The van der Waals surface area contributed by atoms with Crippen molar-refractivity contribution in [1.29, 1.82) is 0 Å². The lowest BCUT2D eigenvalue weighted by Crippen LogP contribution is -2.24. The van der Waals surface area contributed by atoms with Crippen LogP contribution in [0.1, 0.15) is 18.5 Å². The number of nitrogens with zero attached hydrogens (tertiary/aromatic N) is 2. The number of urea groups is 1. The van der Waals surface area contributed by atoms with Gasteiger partial charge in [0.2, 0.25) is 0 Å². The largest absolute Gasteiger partial charge is 0.384 e. The van der Waals surface area contributed by atoms with Crippen LogP contribution in [-0.4, -0.2) is 37.7 Å². The Hall–Kier alpha value is -2.68. The minimum Gasteiger partial charge on any atom is -0.384 e. The molecule has 8 nitrogen and oxygen atoms in total. The third-order valence-electron chi connectivity index (χ3n) is 4.25. The number of nitrogens with one attached hydrogen (secondary N) is 2. The summed E-state index contributed by atoms with van der Waals surface area (Å²) in [5, 5.41) is 5.12. The summed E-state index contributed by atoms with van der Waals surface area (Å²) in [6.07, 6.45) is 2.30. The first-order valence-electron chi connectivity index (χ1n) is 7.69. The predicted octanol–water partition coefficient (Wildman–Crippen LogP) is 1.51. The van der Waals surface area contributed by atoms with Gasteiger partial charge in [-0.3, -0.25) is 0 Å². The highest BCUT2D eigenvalue weighted by atomic mass is 32.2. The van der Waals surface area contributed by atoms with Gasteiger partial charge in [-0.05, 0) is 37.1 Å². The average Bonchev–Trinajstić information content (AvgIpc) is 3.36. The van der Waals surface area contributed by atoms with E-state index in [-0.39, 0.29) is 11.8 Å². The Morgan fingerprint density at radius 3 is 2.36 bits per heavy atom. The van der Waals surface area contributed by atoms with E-state index in [9.17, 15) is 13.2 Å². The molecular formula is C16H19N5O3S. The monoisotopic (exact) mass is 361 g/mol. The molecule has 1 aliphatic rings. The van der Waals surface area contributed by atoms with Crippen molar-refractivity contribution in [3.05, 3.63) is 36.0 Å². The Kier molecular flexibility index (Phi) is 4.11. The molecule has 0 bridgehead atoms. The topological polar surface area (TPSA) is 127 Å². The molecule has 0 spiro atoms. The predicted molar refractivity (Wildman–Crippen MR) is 95.7 cm³/mol. The Bertz CT molecular complexity index is 921. The molecule has 132 valence electrons. The number of aromatic nitrogens is 2. The van der Waals surface area contributed by atoms with E-state index in [4.69, 9.17) is 5.73 Å². The van der Waals surface area contributed by atoms with E-state index < -0.39 is 14.6 Å². The number of amides is 2. The molecular weight excluding hydrogens is 342 g/mol. The molecule has 1 fully saturated rings. The average molecular weight is 361 g/mol. The number of carbonyl (C=O) groups is 1. The first kappa shape index (κ1) is 17.2. The number of rotatable bonds is 4. The van der Waals surface area contributed by atoms with Crippen molar-refractivity contribution in [1.82, 2.24) is 15.3 Å². The Labute approximate surface area is 145 Å². The van der Waals surface area contributed by atoms with Crippen molar-refractivity contribution in [2.24, 2.45) is 0 Å². The van der Waals surface area contributed by atoms with Crippen LogP contribution in [0.3, 0.4) is 0 Å². The fourth-order valence-electron chi connectivity index (χ4n) is 2.66. The third kappa shape index (κ3) is 3.27. The maximum Gasteiger partial charge on any atom is 0.318 e. The molecule has 0 aliphatic heterocycles. The SMILES string of the molecule is CNC(=O)Nc1ccc(-c2nc(N)cc(C3(S(C)(=O)=O)CC3)n2)cc1. The molecule has 0 unspecified atom stereocenters. The Morgan fingerprint density at radius 2 is 1.84 bits per heavy atom. The van der Waals surface area contributed by atoms with Crippen LogP contribution < -0.4 is 16.4 Å². The zero-order valence-corrected chi connectivity index (χ0v) is 14.7. The molecule has 9 heteroatoms. The van der Waals surface area contributed by atoms with E-state index in [1.807, 2.05) is 0 Å². The number of nitrogens with two attached hydrogens (primary N) is 1. The number of nitrogen functional groups attached to an aromatic ring is 1. The smallest absolute Gasteiger partial charge is 0.318 e. The van der Waals surface area contributed by atoms with E-state index >= 15 is 0 Å². The number of sulfone groups is 1. The zero-order valence-electron chi connectivity index (χ0n) is 13.9. The fraction of sp³-hybridized carbons (Fsp3) is 0.312. The summed E-state index contributed by atoms with van der Waals surface area (Å²) in [6.45, 7) is 0. The summed E-state index contributed by atoms with van der Waals surface area (Å²) in [6, 6.07) is 8.10. The van der Waals surface area contributed by atoms with E-state index in [0.717, 1.165) is 0 Å². The molecule has 1 saturated carbocycles. The second kappa shape index (κ2) is 5.99.